The molecule has 2 N–H and O–H groups in total. The summed E-state index contributed by atoms with van der Waals surface area (Å²) >= 11 is 0. The van der Waals surface area contributed by atoms with Crippen LogP contribution in [-0.2, 0) is 12.7 Å². The fourth-order valence-electron chi connectivity index (χ4n) is 3.15. The number of piperidine rings is 1. The van der Waals surface area contributed by atoms with Gasteiger partial charge < -0.3 is 15.4 Å². The number of methoxy groups -OCH3 is 1. The van der Waals surface area contributed by atoms with E-state index in [-0.39, 0.29) is 18.3 Å². The van der Waals surface area contributed by atoms with Crippen molar-refractivity contribution in [3.05, 3.63) is 47.3 Å². The van der Waals surface area contributed by atoms with Gasteiger partial charge >= 0.3 is 6.18 Å². The number of ether oxygens (including phenoxy) is 1. The smallest absolute Gasteiger partial charge is 0.435 e. The molecule has 1 aliphatic heterocycles. The number of hydrogen-bond acceptors (Lipinski definition) is 4. The highest BCUT2D eigenvalue weighted by Gasteiger charge is 2.37. The Morgan fingerprint density at radius 2 is 2.04 bits per heavy atom. The number of alkyl halides is 3. The molecule has 0 saturated carbocycles. The first-order valence-corrected chi connectivity index (χ1v) is 8.67. The number of para-hydroxylation sites is 1. The highest BCUT2D eigenvalue weighted by Crippen LogP contribution is 2.31. The molecule has 9 heteroatoms. The van der Waals surface area contributed by atoms with Crippen molar-refractivity contribution in [2.45, 2.75) is 31.6 Å². The Labute approximate surface area is 154 Å². The molecule has 0 atom stereocenters. The lowest BCUT2D eigenvalue weighted by Gasteiger charge is -2.24. The number of rotatable bonds is 5. The molecule has 0 spiro atoms. The van der Waals surface area contributed by atoms with Gasteiger partial charge in [0.25, 0.3) is 5.91 Å². The number of benzene rings is 1. The zero-order valence-corrected chi connectivity index (χ0v) is 14.8. The molecule has 1 amide bonds. The average Bonchev–Trinajstić information content (AvgIpc) is 3.13. The molecule has 27 heavy (non-hydrogen) atoms. The van der Waals surface area contributed by atoms with Crippen molar-refractivity contribution in [2.75, 3.05) is 20.2 Å². The summed E-state index contributed by atoms with van der Waals surface area (Å²) in [5.74, 6) is 0.00285. The number of aromatic nitrogens is 2. The van der Waals surface area contributed by atoms with E-state index in [1.165, 1.54) is 11.8 Å². The summed E-state index contributed by atoms with van der Waals surface area (Å²) in [5.41, 5.74) is -0.398. The topological polar surface area (TPSA) is 68.2 Å². The van der Waals surface area contributed by atoms with Gasteiger partial charge in [-0.15, -0.1) is 0 Å². The van der Waals surface area contributed by atoms with Crippen molar-refractivity contribution < 1.29 is 22.7 Å². The Morgan fingerprint density at radius 3 is 2.70 bits per heavy atom. The van der Waals surface area contributed by atoms with Gasteiger partial charge in [0.05, 0.1) is 13.2 Å². The second-order valence-electron chi connectivity index (χ2n) is 6.33. The first-order chi connectivity index (χ1) is 12.9. The summed E-state index contributed by atoms with van der Waals surface area (Å²) < 4.78 is 45.8. The van der Waals surface area contributed by atoms with E-state index in [1.54, 1.807) is 24.3 Å². The maximum atomic E-state index is 13.1. The third-order valence-corrected chi connectivity index (χ3v) is 4.55. The summed E-state index contributed by atoms with van der Waals surface area (Å²) in [6.45, 7) is 1.49. The van der Waals surface area contributed by atoms with Crippen LogP contribution in [0.2, 0.25) is 0 Å². The van der Waals surface area contributed by atoms with Crippen LogP contribution in [0, 0.1) is 0 Å². The fraction of sp³-hybridized carbons (Fsp3) is 0.444. The number of amides is 1. The molecule has 0 bridgehead atoms. The summed E-state index contributed by atoms with van der Waals surface area (Å²) in [4.78, 5) is 12.6. The van der Waals surface area contributed by atoms with Crippen LogP contribution in [0.5, 0.6) is 5.75 Å². The molecule has 3 rings (SSSR count). The van der Waals surface area contributed by atoms with Gasteiger partial charge in [-0.3, -0.25) is 9.48 Å². The van der Waals surface area contributed by atoms with E-state index in [9.17, 15) is 18.0 Å². The first kappa shape index (κ1) is 19.2. The lowest BCUT2D eigenvalue weighted by molar-refractivity contribution is -0.141. The minimum absolute atomic E-state index is 0.0795. The molecule has 1 saturated heterocycles. The number of hydrogen-bond donors (Lipinski definition) is 2. The van der Waals surface area contributed by atoms with Gasteiger partial charge in [-0.2, -0.15) is 18.3 Å². The van der Waals surface area contributed by atoms with E-state index in [0.717, 1.165) is 11.6 Å². The third kappa shape index (κ3) is 4.41. The predicted octanol–water partition coefficient (Wildman–Crippen LogP) is 2.77. The van der Waals surface area contributed by atoms with Crippen molar-refractivity contribution in [3.8, 4) is 5.75 Å². The normalized spacial score (nSPS) is 15.6. The average molecular weight is 382 g/mol. The second kappa shape index (κ2) is 7.99. The molecule has 2 heterocycles. The Kier molecular flexibility index (Phi) is 5.69. The lowest BCUT2D eigenvalue weighted by atomic mass is 10.1. The van der Waals surface area contributed by atoms with Crippen LogP contribution < -0.4 is 15.4 Å². The van der Waals surface area contributed by atoms with Gasteiger partial charge in [-0.1, -0.05) is 18.2 Å². The van der Waals surface area contributed by atoms with Gasteiger partial charge in [-0.05, 0) is 32.0 Å². The Hall–Kier alpha value is -2.55. The Bertz CT molecular complexity index is 798. The number of nitrogens with one attached hydrogen (secondary N) is 2. The molecular formula is C18H21F3N4O2. The minimum Gasteiger partial charge on any atom is -0.496 e. The number of nitrogens with zero attached hydrogens (tertiary/aromatic N) is 2. The highest BCUT2D eigenvalue weighted by molar-refractivity contribution is 5.92. The summed E-state index contributed by atoms with van der Waals surface area (Å²) in [6, 6.07) is 7.71. The predicted molar refractivity (Wildman–Crippen MR) is 92.5 cm³/mol. The van der Waals surface area contributed by atoms with Gasteiger partial charge in [0.2, 0.25) is 0 Å². The SMILES string of the molecule is COc1ccccc1CNC(=O)c1cc(C(F)(F)F)nn1C1CCNCC1. The van der Waals surface area contributed by atoms with Crippen LogP contribution >= 0.6 is 0 Å². The summed E-state index contributed by atoms with van der Waals surface area (Å²) in [6.07, 6.45) is -3.37. The quantitative estimate of drug-likeness (QED) is 0.835. The van der Waals surface area contributed by atoms with Crippen LogP contribution in [0.3, 0.4) is 0 Å². The number of halogens is 3. The molecule has 146 valence electrons. The van der Waals surface area contributed by atoms with Crippen molar-refractivity contribution in [3.63, 3.8) is 0 Å². The van der Waals surface area contributed by atoms with Gasteiger partial charge in [0, 0.05) is 18.2 Å². The molecule has 1 aromatic heterocycles. The van der Waals surface area contributed by atoms with Crippen molar-refractivity contribution in [2.24, 2.45) is 0 Å². The Balaban J connectivity index is 1.83. The number of carbonyl (C=O) groups is 1. The van der Waals surface area contributed by atoms with Crippen LogP contribution in [0.15, 0.2) is 30.3 Å². The van der Waals surface area contributed by atoms with Crippen LogP contribution in [0.4, 0.5) is 13.2 Å². The van der Waals surface area contributed by atoms with E-state index >= 15 is 0 Å². The monoisotopic (exact) mass is 382 g/mol. The molecule has 0 unspecified atom stereocenters. The molecule has 6 nitrogen and oxygen atoms in total. The molecule has 0 aliphatic carbocycles. The largest absolute Gasteiger partial charge is 0.496 e. The standard InChI is InChI=1S/C18H21F3N4O2/c1-27-15-5-3-2-4-12(15)11-23-17(26)14-10-16(18(19,20)21)24-25(14)13-6-8-22-9-7-13/h2-5,10,13,22H,6-9,11H2,1H3,(H,23,26). The number of carbonyl (C=O) groups excluding carboxylic acids is 1. The first-order valence-electron chi connectivity index (χ1n) is 8.67. The van der Waals surface area contributed by atoms with E-state index in [1.807, 2.05) is 0 Å². The van der Waals surface area contributed by atoms with E-state index < -0.39 is 17.8 Å². The van der Waals surface area contributed by atoms with Crippen molar-refractivity contribution in [1.82, 2.24) is 20.4 Å². The fourth-order valence-corrected chi connectivity index (χ4v) is 3.15. The van der Waals surface area contributed by atoms with Crippen molar-refractivity contribution in [1.29, 1.82) is 0 Å². The molecule has 1 fully saturated rings. The molecular weight excluding hydrogens is 361 g/mol. The lowest BCUT2D eigenvalue weighted by Crippen LogP contribution is -2.33. The Morgan fingerprint density at radius 1 is 1.33 bits per heavy atom. The molecule has 1 aromatic carbocycles. The van der Waals surface area contributed by atoms with Crippen LogP contribution in [0.25, 0.3) is 0 Å². The molecule has 2 aromatic rings. The van der Waals surface area contributed by atoms with E-state index in [2.05, 4.69) is 15.7 Å². The van der Waals surface area contributed by atoms with E-state index in [0.29, 0.717) is 31.7 Å². The maximum Gasteiger partial charge on any atom is 0.435 e. The van der Waals surface area contributed by atoms with Crippen LogP contribution in [0.1, 0.15) is 40.6 Å². The molecule has 0 radical (unpaired) electrons. The summed E-state index contributed by atoms with van der Waals surface area (Å²) in [7, 11) is 1.52. The maximum absolute atomic E-state index is 13.1. The zero-order valence-electron chi connectivity index (χ0n) is 14.8. The highest BCUT2D eigenvalue weighted by atomic mass is 19.4. The van der Waals surface area contributed by atoms with Crippen molar-refractivity contribution >= 4 is 5.91 Å². The van der Waals surface area contributed by atoms with Gasteiger partial charge in [-0.25, -0.2) is 0 Å². The minimum atomic E-state index is -4.60. The van der Waals surface area contributed by atoms with Gasteiger partial charge in [0.1, 0.15) is 11.4 Å². The zero-order chi connectivity index (χ0) is 19.4. The third-order valence-electron chi connectivity index (χ3n) is 4.55. The summed E-state index contributed by atoms with van der Waals surface area (Å²) in [5, 5.41) is 9.52. The van der Waals surface area contributed by atoms with Crippen LogP contribution in [-0.4, -0.2) is 35.9 Å². The molecule has 1 aliphatic rings. The van der Waals surface area contributed by atoms with Gasteiger partial charge in [0.15, 0.2) is 5.69 Å². The van der Waals surface area contributed by atoms with E-state index in [4.69, 9.17) is 4.74 Å². The second-order valence-corrected chi connectivity index (χ2v) is 6.33.